The zero-order valence-corrected chi connectivity index (χ0v) is 19.9. The number of nitrogen functional groups attached to an aromatic ring is 1. The lowest BCUT2D eigenvalue weighted by molar-refractivity contribution is -0.142. The molecule has 3 aromatic heterocycles. The summed E-state index contributed by atoms with van der Waals surface area (Å²) in [6.45, 7) is 2.34. The number of aryl methyl sites for hydroxylation is 1. The molecule has 0 saturated carbocycles. The predicted octanol–water partition coefficient (Wildman–Crippen LogP) is 2.56. The number of hydrogen-bond acceptors (Lipinski definition) is 8. The van der Waals surface area contributed by atoms with Gasteiger partial charge in [0.25, 0.3) is 5.91 Å². The van der Waals surface area contributed by atoms with E-state index in [0.29, 0.717) is 56.1 Å². The number of pyridine rings is 1. The predicted molar refractivity (Wildman–Crippen MR) is 129 cm³/mol. The summed E-state index contributed by atoms with van der Waals surface area (Å²) in [6, 6.07) is 2.67. The molecular formula is C24H26F3N9O. The first-order valence-corrected chi connectivity index (χ1v) is 12.2. The second-order valence-corrected chi connectivity index (χ2v) is 9.92. The average molecular weight is 514 g/mol. The van der Waals surface area contributed by atoms with Gasteiger partial charge >= 0.3 is 6.18 Å². The van der Waals surface area contributed by atoms with Crippen molar-refractivity contribution < 1.29 is 18.0 Å². The maximum atomic E-state index is 13.6. The molecule has 1 atom stereocenters. The number of alkyl halides is 3. The molecule has 1 amide bonds. The van der Waals surface area contributed by atoms with Crippen molar-refractivity contribution >= 4 is 23.4 Å². The molecule has 1 unspecified atom stereocenters. The molecule has 2 aliphatic heterocycles. The maximum absolute atomic E-state index is 13.6. The van der Waals surface area contributed by atoms with Crippen molar-refractivity contribution in [1.82, 2.24) is 24.7 Å². The van der Waals surface area contributed by atoms with Crippen molar-refractivity contribution in [1.29, 1.82) is 0 Å². The first-order valence-electron chi connectivity index (χ1n) is 12.2. The molecule has 1 spiro atoms. The number of carbonyl (C=O) groups excluding carboxylic acids is 1. The number of nitrogens with zero attached hydrogens (tertiary/aromatic N) is 7. The van der Waals surface area contributed by atoms with E-state index in [-0.39, 0.29) is 23.0 Å². The minimum Gasteiger partial charge on any atom is -0.382 e. The molecule has 3 aliphatic rings. The van der Waals surface area contributed by atoms with E-state index in [1.54, 1.807) is 27.9 Å². The van der Waals surface area contributed by atoms with Crippen LogP contribution in [0.5, 0.6) is 0 Å². The largest absolute Gasteiger partial charge is 0.433 e. The Morgan fingerprint density at radius 1 is 1.08 bits per heavy atom. The zero-order valence-electron chi connectivity index (χ0n) is 19.9. The first-order chi connectivity index (χ1) is 17.7. The minimum absolute atomic E-state index is 0.0327. The van der Waals surface area contributed by atoms with Crippen LogP contribution in [0.2, 0.25) is 0 Å². The third-order valence-electron chi connectivity index (χ3n) is 7.90. The van der Waals surface area contributed by atoms with Crippen molar-refractivity contribution in [3.8, 4) is 0 Å². The molecule has 1 saturated heterocycles. The van der Waals surface area contributed by atoms with E-state index in [1.807, 2.05) is 4.90 Å². The number of amides is 1. The van der Waals surface area contributed by atoms with Crippen LogP contribution < -0.4 is 21.3 Å². The van der Waals surface area contributed by atoms with E-state index in [4.69, 9.17) is 11.5 Å². The maximum Gasteiger partial charge on any atom is 0.433 e. The molecule has 13 heteroatoms. The Balaban J connectivity index is 1.18. The summed E-state index contributed by atoms with van der Waals surface area (Å²) in [5.74, 6) is 0.916. The highest BCUT2D eigenvalue weighted by Crippen LogP contribution is 2.53. The molecule has 0 bridgehead atoms. The van der Waals surface area contributed by atoms with Gasteiger partial charge in [-0.05, 0) is 42.7 Å². The van der Waals surface area contributed by atoms with Gasteiger partial charge in [-0.1, -0.05) is 0 Å². The zero-order chi connectivity index (χ0) is 25.9. The molecule has 0 aromatic carbocycles. The van der Waals surface area contributed by atoms with Gasteiger partial charge in [-0.3, -0.25) is 14.7 Å². The molecule has 1 aliphatic carbocycles. The highest BCUT2D eigenvalue weighted by Gasteiger charge is 2.50. The number of piperidine rings is 1. The summed E-state index contributed by atoms with van der Waals surface area (Å²) >= 11 is 0. The van der Waals surface area contributed by atoms with Gasteiger partial charge in [-0.2, -0.15) is 18.3 Å². The SMILES string of the molecule is Nc1nc(N2CCC3(CC2)Cc2ccnc(C(F)(F)F)c2C3N)cnc1C(=O)N1CCCn2nccc21. The van der Waals surface area contributed by atoms with Crippen molar-refractivity contribution in [2.75, 3.05) is 35.2 Å². The lowest BCUT2D eigenvalue weighted by atomic mass is 9.73. The van der Waals surface area contributed by atoms with Gasteiger partial charge in [0.1, 0.15) is 17.3 Å². The van der Waals surface area contributed by atoms with Gasteiger partial charge < -0.3 is 16.4 Å². The van der Waals surface area contributed by atoms with Crippen molar-refractivity contribution in [3.63, 3.8) is 0 Å². The molecule has 10 nitrogen and oxygen atoms in total. The van der Waals surface area contributed by atoms with Crippen LogP contribution in [0.25, 0.3) is 0 Å². The molecule has 5 heterocycles. The van der Waals surface area contributed by atoms with Gasteiger partial charge in [0.15, 0.2) is 11.5 Å². The van der Waals surface area contributed by atoms with E-state index in [2.05, 4.69) is 20.1 Å². The molecule has 194 valence electrons. The number of nitrogens with two attached hydrogens (primary N) is 2. The normalized spacial score (nSPS) is 20.7. The average Bonchev–Trinajstić information content (AvgIpc) is 3.46. The Morgan fingerprint density at radius 3 is 2.59 bits per heavy atom. The quantitative estimate of drug-likeness (QED) is 0.535. The van der Waals surface area contributed by atoms with E-state index < -0.39 is 23.3 Å². The summed E-state index contributed by atoms with van der Waals surface area (Å²) < 4.78 is 42.5. The lowest BCUT2D eigenvalue weighted by Crippen LogP contribution is -2.45. The minimum atomic E-state index is -4.55. The fraction of sp³-hybridized carbons (Fsp3) is 0.458. The molecule has 4 N–H and O–H groups in total. The van der Waals surface area contributed by atoms with E-state index >= 15 is 0 Å². The number of rotatable bonds is 2. The van der Waals surface area contributed by atoms with E-state index in [0.717, 1.165) is 13.0 Å². The molecule has 0 radical (unpaired) electrons. The van der Waals surface area contributed by atoms with Gasteiger partial charge in [-0.15, -0.1) is 0 Å². The molecule has 37 heavy (non-hydrogen) atoms. The number of aromatic nitrogens is 5. The second kappa shape index (κ2) is 8.40. The molecule has 3 aromatic rings. The van der Waals surface area contributed by atoms with Gasteiger partial charge in [0.2, 0.25) is 0 Å². The van der Waals surface area contributed by atoms with E-state index in [1.165, 1.54) is 12.4 Å². The van der Waals surface area contributed by atoms with Crippen LogP contribution in [0.3, 0.4) is 0 Å². The highest BCUT2D eigenvalue weighted by atomic mass is 19.4. The standard InChI is InChI=1S/C24H26F3N9O/c25-24(26,27)20-17-14(2-6-30-20)12-23(19(17)28)4-10-34(11-5-23)15-13-31-18(21(29)33-15)22(37)35-8-1-9-36-16(35)3-7-32-36/h2-3,6-7,13,19H,1,4-5,8-12,28H2,(H2,29,33). The number of carbonyl (C=O) groups is 1. The fourth-order valence-corrected chi connectivity index (χ4v) is 5.97. The van der Waals surface area contributed by atoms with Crippen molar-refractivity contribution in [2.45, 2.75) is 44.4 Å². The molecule has 1 fully saturated rings. The Hall–Kier alpha value is -3.74. The molecule has 6 rings (SSSR count). The van der Waals surface area contributed by atoms with Crippen LogP contribution in [0.4, 0.5) is 30.6 Å². The summed E-state index contributed by atoms with van der Waals surface area (Å²) in [6.07, 6.45) is 2.26. The Morgan fingerprint density at radius 2 is 1.86 bits per heavy atom. The van der Waals surface area contributed by atoms with Gasteiger partial charge in [0, 0.05) is 50.0 Å². The topological polar surface area (TPSA) is 132 Å². The Kier molecular flexibility index (Phi) is 5.37. The van der Waals surface area contributed by atoms with Crippen LogP contribution in [0, 0.1) is 5.41 Å². The third kappa shape index (κ3) is 3.79. The van der Waals surface area contributed by atoms with Crippen LogP contribution in [-0.2, 0) is 19.1 Å². The lowest BCUT2D eigenvalue weighted by Gasteiger charge is -2.42. The summed E-state index contributed by atoms with van der Waals surface area (Å²) in [5.41, 5.74) is 12.1. The Labute approximate surface area is 210 Å². The Bertz CT molecular complexity index is 1360. The fourth-order valence-electron chi connectivity index (χ4n) is 5.97. The number of halogens is 3. The highest BCUT2D eigenvalue weighted by molar-refractivity contribution is 6.07. The van der Waals surface area contributed by atoms with E-state index in [9.17, 15) is 18.0 Å². The van der Waals surface area contributed by atoms with Gasteiger partial charge in [0.05, 0.1) is 12.4 Å². The third-order valence-corrected chi connectivity index (χ3v) is 7.90. The van der Waals surface area contributed by atoms with Crippen molar-refractivity contribution in [2.24, 2.45) is 11.1 Å². The second-order valence-electron chi connectivity index (χ2n) is 9.92. The van der Waals surface area contributed by atoms with Gasteiger partial charge in [-0.25, -0.2) is 14.6 Å². The first kappa shape index (κ1) is 23.6. The van der Waals surface area contributed by atoms with Crippen LogP contribution in [-0.4, -0.2) is 50.3 Å². The van der Waals surface area contributed by atoms with Crippen molar-refractivity contribution in [3.05, 3.63) is 53.2 Å². The molecular weight excluding hydrogens is 487 g/mol. The van der Waals surface area contributed by atoms with Crippen LogP contribution >= 0.6 is 0 Å². The summed E-state index contributed by atoms with van der Waals surface area (Å²) in [5, 5.41) is 4.23. The number of anilines is 3. The monoisotopic (exact) mass is 513 g/mol. The smallest absolute Gasteiger partial charge is 0.382 e. The summed E-state index contributed by atoms with van der Waals surface area (Å²) in [7, 11) is 0. The summed E-state index contributed by atoms with van der Waals surface area (Å²) in [4.78, 5) is 29.2. The number of fused-ring (bicyclic) bond motifs is 2. The van der Waals surface area contributed by atoms with Crippen LogP contribution in [0.15, 0.2) is 30.7 Å². The number of hydrogen-bond donors (Lipinski definition) is 2. The van der Waals surface area contributed by atoms with Crippen LogP contribution in [0.1, 0.15) is 52.6 Å².